The van der Waals surface area contributed by atoms with Crippen LogP contribution in [0.2, 0.25) is 0 Å². The van der Waals surface area contributed by atoms with Gasteiger partial charge in [0.15, 0.2) is 0 Å². The van der Waals surface area contributed by atoms with Gasteiger partial charge in [0.2, 0.25) is 0 Å². The van der Waals surface area contributed by atoms with E-state index in [1.54, 1.807) is 6.07 Å². The Morgan fingerprint density at radius 2 is 2.05 bits per heavy atom. The molecule has 2 fully saturated rings. The maximum absolute atomic E-state index is 13.5. The predicted octanol–water partition coefficient (Wildman–Crippen LogP) is 2.00. The first kappa shape index (κ1) is 14.7. The monoisotopic (exact) mass is 292 g/mol. The van der Waals surface area contributed by atoms with Gasteiger partial charge in [0, 0.05) is 44.3 Å². The molecule has 1 aromatic rings. The molecule has 0 amide bonds. The molecule has 1 aromatic heterocycles. The van der Waals surface area contributed by atoms with Gasteiger partial charge in [0.25, 0.3) is 0 Å². The van der Waals surface area contributed by atoms with Crippen LogP contribution in [0.15, 0.2) is 12.3 Å². The van der Waals surface area contributed by atoms with Crippen LogP contribution in [0.1, 0.15) is 31.7 Å². The van der Waals surface area contributed by atoms with E-state index < -0.39 is 0 Å². The van der Waals surface area contributed by atoms with Crippen molar-refractivity contribution in [1.29, 1.82) is 0 Å². The lowest BCUT2D eigenvalue weighted by Gasteiger charge is -2.36. The van der Waals surface area contributed by atoms with E-state index >= 15 is 0 Å². The van der Waals surface area contributed by atoms with E-state index in [0.29, 0.717) is 6.54 Å². The summed E-state index contributed by atoms with van der Waals surface area (Å²) in [6, 6.07) is 2.46. The average molecular weight is 292 g/mol. The highest BCUT2D eigenvalue weighted by molar-refractivity contribution is 5.47. The highest BCUT2D eigenvalue weighted by Crippen LogP contribution is 2.28. The van der Waals surface area contributed by atoms with E-state index in [-0.39, 0.29) is 5.82 Å². The second-order valence-electron chi connectivity index (χ2n) is 6.07. The lowest BCUT2D eigenvalue weighted by atomic mass is 10.2. The molecule has 1 aliphatic carbocycles. The number of rotatable bonds is 6. The van der Waals surface area contributed by atoms with Gasteiger partial charge in [-0.15, -0.1) is 0 Å². The highest BCUT2D eigenvalue weighted by atomic mass is 19.1. The molecule has 1 saturated heterocycles. The molecule has 3 rings (SSSR count). The van der Waals surface area contributed by atoms with Gasteiger partial charge in [0.05, 0.1) is 6.20 Å². The molecule has 0 spiro atoms. The number of hydrogen-bond acceptors (Lipinski definition) is 4. The Bertz CT molecular complexity index is 467. The fraction of sp³-hybridized carbons (Fsp3) is 0.688. The summed E-state index contributed by atoms with van der Waals surface area (Å²) in [5, 5.41) is 3.35. The van der Waals surface area contributed by atoms with Crippen molar-refractivity contribution in [3.63, 3.8) is 0 Å². The fourth-order valence-corrected chi connectivity index (χ4v) is 3.03. The number of pyridine rings is 1. The largest absolute Gasteiger partial charge is 0.354 e. The van der Waals surface area contributed by atoms with Crippen molar-refractivity contribution in [1.82, 2.24) is 15.2 Å². The molecular formula is C16H25FN4. The Morgan fingerprint density at radius 3 is 2.71 bits per heavy atom. The van der Waals surface area contributed by atoms with Crippen LogP contribution in [0.5, 0.6) is 0 Å². The van der Waals surface area contributed by atoms with Gasteiger partial charge in [-0.05, 0) is 31.9 Å². The molecule has 0 radical (unpaired) electrons. The molecule has 4 nitrogen and oxygen atoms in total. The molecule has 0 atom stereocenters. The Morgan fingerprint density at radius 1 is 1.29 bits per heavy atom. The van der Waals surface area contributed by atoms with Crippen LogP contribution in [0.3, 0.4) is 0 Å². The third-order valence-corrected chi connectivity index (χ3v) is 4.33. The molecule has 0 aromatic carbocycles. The van der Waals surface area contributed by atoms with Crippen molar-refractivity contribution >= 4 is 5.82 Å². The van der Waals surface area contributed by atoms with Crippen molar-refractivity contribution in [3.8, 4) is 0 Å². The van der Waals surface area contributed by atoms with Gasteiger partial charge >= 0.3 is 0 Å². The van der Waals surface area contributed by atoms with Crippen LogP contribution >= 0.6 is 0 Å². The Hall–Kier alpha value is -1.20. The molecule has 0 unspecified atom stereocenters. The van der Waals surface area contributed by atoms with Crippen molar-refractivity contribution < 1.29 is 4.39 Å². The quantitative estimate of drug-likeness (QED) is 0.813. The standard InChI is InChI=1S/C16H25FN4/c1-2-5-18-11-13-10-14(17)12-19-16(13)21-8-6-20(7-9-21)15-3-4-15/h10,12,15,18H,2-9,11H2,1H3. The van der Waals surface area contributed by atoms with Crippen LogP contribution in [-0.4, -0.2) is 48.6 Å². The normalized spacial score (nSPS) is 20.0. The molecule has 2 aliphatic rings. The van der Waals surface area contributed by atoms with Crippen molar-refractivity contribution in [2.24, 2.45) is 0 Å². The molecule has 2 heterocycles. The first-order valence-corrected chi connectivity index (χ1v) is 8.12. The number of piperazine rings is 1. The molecule has 1 aliphatic heterocycles. The van der Waals surface area contributed by atoms with E-state index in [2.05, 4.69) is 27.0 Å². The van der Waals surface area contributed by atoms with Crippen LogP contribution in [0.4, 0.5) is 10.2 Å². The number of aromatic nitrogens is 1. The molecular weight excluding hydrogens is 267 g/mol. The SMILES string of the molecule is CCCNCc1cc(F)cnc1N1CCN(C2CC2)CC1. The summed E-state index contributed by atoms with van der Waals surface area (Å²) in [5.74, 6) is 0.708. The first-order chi connectivity index (χ1) is 10.3. The first-order valence-electron chi connectivity index (χ1n) is 8.12. The third kappa shape index (κ3) is 3.71. The maximum atomic E-state index is 13.5. The fourth-order valence-electron chi connectivity index (χ4n) is 3.03. The van der Waals surface area contributed by atoms with E-state index in [9.17, 15) is 4.39 Å². The molecule has 116 valence electrons. The van der Waals surface area contributed by atoms with Gasteiger partial charge in [0.1, 0.15) is 11.6 Å². The maximum Gasteiger partial charge on any atom is 0.141 e. The van der Waals surface area contributed by atoms with E-state index in [1.165, 1.54) is 19.0 Å². The summed E-state index contributed by atoms with van der Waals surface area (Å²) >= 11 is 0. The van der Waals surface area contributed by atoms with Crippen molar-refractivity contribution in [3.05, 3.63) is 23.6 Å². The van der Waals surface area contributed by atoms with E-state index in [1.807, 2.05) is 0 Å². The Balaban J connectivity index is 1.65. The molecule has 1 N–H and O–H groups in total. The van der Waals surface area contributed by atoms with Crippen molar-refractivity contribution in [2.45, 2.75) is 38.8 Å². The minimum absolute atomic E-state index is 0.247. The zero-order chi connectivity index (χ0) is 14.7. The molecule has 1 saturated carbocycles. The Labute approximate surface area is 126 Å². The number of hydrogen-bond donors (Lipinski definition) is 1. The van der Waals surface area contributed by atoms with Gasteiger partial charge < -0.3 is 10.2 Å². The summed E-state index contributed by atoms with van der Waals surface area (Å²) < 4.78 is 13.5. The molecule has 21 heavy (non-hydrogen) atoms. The predicted molar refractivity (Wildman–Crippen MR) is 83.0 cm³/mol. The van der Waals surface area contributed by atoms with E-state index in [4.69, 9.17) is 0 Å². The Kier molecular flexibility index (Phi) is 4.70. The number of anilines is 1. The van der Waals surface area contributed by atoms with Crippen molar-refractivity contribution in [2.75, 3.05) is 37.6 Å². The highest BCUT2D eigenvalue weighted by Gasteiger charge is 2.31. The number of nitrogens with zero attached hydrogens (tertiary/aromatic N) is 3. The average Bonchev–Trinajstić information content (AvgIpc) is 3.33. The second-order valence-corrected chi connectivity index (χ2v) is 6.07. The third-order valence-electron chi connectivity index (χ3n) is 4.33. The number of halogens is 1. The minimum Gasteiger partial charge on any atom is -0.354 e. The van der Waals surface area contributed by atoms with E-state index in [0.717, 1.165) is 56.6 Å². The van der Waals surface area contributed by atoms with Crippen LogP contribution < -0.4 is 10.2 Å². The summed E-state index contributed by atoms with van der Waals surface area (Å²) in [5.41, 5.74) is 0.975. The van der Waals surface area contributed by atoms with Crippen LogP contribution in [0.25, 0.3) is 0 Å². The molecule has 0 bridgehead atoms. The summed E-state index contributed by atoms with van der Waals surface area (Å²) in [4.78, 5) is 9.24. The lowest BCUT2D eigenvalue weighted by molar-refractivity contribution is 0.247. The van der Waals surface area contributed by atoms with Crippen LogP contribution in [-0.2, 0) is 6.54 Å². The second kappa shape index (κ2) is 6.71. The van der Waals surface area contributed by atoms with Gasteiger partial charge in [-0.1, -0.05) is 6.92 Å². The minimum atomic E-state index is -0.247. The zero-order valence-corrected chi connectivity index (χ0v) is 12.8. The van der Waals surface area contributed by atoms with Gasteiger partial charge in [-0.25, -0.2) is 9.37 Å². The summed E-state index contributed by atoms with van der Waals surface area (Å²) in [7, 11) is 0. The number of nitrogens with one attached hydrogen (secondary N) is 1. The van der Waals surface area contributed by atoms with Gasteiger partial charge in [-0.2, -0.15) is 0 Å². The lowest BCUT2D eigenvalue weighted by Crippen LogP contribution is -2.47. The van der Waals surface area contributed by atoms with Gasteiger partial charge in [-0.3, -0.25) is 4.90 Å². The van der Waals surface area contributed by atoms with Crippen LogP contribution in [0, 0.1) is 5.82 Å². The summed E-state index contributed by atoms with van der Waals surface area (Å²) in [6.45, 7) is 7.97. The molecule has 5 heteroatoms. The zero-order valence-electron chi connectivity index (χ0n) is 12.8. The topological polar surface area (TPSA) is 31.4 Å². The summed E-state index contributed by atoms with van der Waals surface area (Å²) in [6.07, 6.45) is 5.14. The smallest absolute Gasteiger partial charge is 0.141 e.